The Labute approximate surface area is 177 Å². The maximum Gasteiger partial charge on any atom is 0.166 e. The summed E-state index contributed by atoms with van der Waals surface area (Å²) in [5, 5.41) is 20.2. The third-order valence-corrected chi connectivity index (χ3v) is 6.62. The first-order valence-corrected chi connectivity index (χ1v) is 10.3. The van der Waals surface area contributed by atoms with Gasteiger partial charge >= 0.3 is 0 Å². The van der Waals surface area contributed by atoms with Crippen molar-refractivity contribution >= 4 is 0 Å². The number of nitrogens with zero attached hydrogens (tertiary/aromatic N) is 1. The monoisotopic (exact) mass is 407 g/mol. The van der Waals surface area contributed by atoms with Crippen molar-refractivity contribution in [3.05, 3.63) is 71.8 Å². The zero-order valence-corrected chi connectivity index (χ0v) is 17.6. The van der Waals surface area contributed by atoms with E-state index in [9.17, 15) is 10.2 Å². The minimum Gasteiger partial charge on any atom is -0.504 e. The third-order valence-electron chi connectivity index (χ3n) is 6.62. The van der Waals surface area contributed by atoms with Crippen molar-refractivity contribution in [2.75, 3.05) is 20.8 Å². The normalized spacial score (nSPS) is 19.2. The van der Waals surface area contributed by atoms with Crippen LogP contribution in [0.3, 0.4) is 0 Å². The molecule has 0 fully saturated rings. The number of hydrogen-bond acceptors (Lipinski definition) is 5. The number of methoxy groups -OCH3 is 2. The summed E-state index contributed by atoms with van der Waals surface area (Å²) in [6.45, 7) is 8.93. The van der Waals surface area contributed by atoms with Gasteiger partial charge in [0.05, 0.1) is 19.8 Å². The molecule has 4 rings (SSSR count). The first kappa shape index (κ1) is 20.4. The van der Waals surface area contributed by atoms with Crippen molar-refractivity contribution in [1.82, 2.24) is 4.90 Å². The maximum absolute atomic E-state index is 10.2. The van der Waals surface area contributed by atoms with E-state index in [1.165, 1.54) is 5.56 Å². The van der Waals surface area contributed by atoms with Gasteiger partial charge in [0.15, 0.2) is 23.0 Å². The molecule has 2 aliphatic heterocycles. The quantitative estimate of drug-likeness (QED) is 0.541. The van der Waals surface area contributed by atoms with E-state index < -0.39 is 0 Å². The lowest BCUT2D eigenvalue weighted by atomic mass is 9.70. The minimum absolute atomic E-state index is 0.0618. The Morgan fingerprint density at radius 3 is 2.40 bits per heavy atom. The molecule has 0 saturated heterocycles. The first-order chi connectivity index (χ1) is 14.5. The Morgan fingerprint density at radius 2 is 1.77 bits per heavy atom. The van der Waals surface area contributed by atoms with Crippen LogP contribution in [0.5, 0.6) is 23.0 Å². The van der Waals surface area contributed by atoms with E-state index in [1.807, 2.05) is 18.2 Å². The number of phenolic OH excluding ortho intramolecular Hbond substituents is 2. The van der Waals surface area contributed by atoms with Crippen LogP contribution in [-0.2, 0) is 18.4 Å². The van der Waals surface area contributed by atoms with E-state index in [4.69, 9.17) is 9.47 Å². The number of benzene rings is 2. The van der Waals surface area contributed by atoms with Crippen LogP contribution in [0.2, 0.25) is 0 Å². The zero-order chi connectivity index (χ0) is 21.5. The van der Waals surface area contributed by atoms with E-state index >= 15 is 0 Å². The Balaban J connectivity index is 1.99. The summed E-state index contributed by atoms with van der Waals surface area (Å²) in [6, 6.07) is 7.57. The highest BCUT2D eigenvalue weighted by Crippen LogP contribution is 2.55. The van der Waals surface area contributed by atoms with Crippen LogP contribution < -0.4 is 9.47 Å². The minimum atomic E-state index is -0.382. The molecule has 0 radical (unpaired) electrons. The zero-order valence-electron chi connectivity index (χ0n) is 17.6. The molecule has 0 saturated carbocycles. The van der Waals surface area contributed by atoms with Crippen molar-refractivity contribution in [3.8, 4) is 23.0 Å². The van der Waals surface area contributed by atoms with Crippen LogP contribution in [0.1, 0.15) is 41.1 Å². The summed E-state index contributed by atoms with van der Waals surface area (Å²) in [4.78, 5) is 2.50. The molecule has 0 amide bonds. The highest BCUT2D eigenvalue weighted by atomic mass is 16.5. The predicted molar refractivity (Wildman–Crippen MR) is 117 cm³/mol. The first-order valence-electron chi connectivity index (χ1n) is 10.3. The number of ether oxygens (including phenoxy) is 2. The summed E-state index contributed by atoms with van der Waals surface area (Å²) < 4.78 is 11.5. The van der Waals surface area contributed by atoms with E-state index in [2.05, 4.69) is 24.1 Å². The molecule has 1 atom stereocenters. The molecule has 2 aliphatic rings. The highest BCUT2D eigenvalue weighted by molar-refractivity contribution is 5.58. The number of phenols is 2. The average Bonchev–Trinajstić information content (AvgIpc) is 2.74. The Hall–Kier alpha value is -2.92. The molecule has 2 aromatic carbocycles. The fourth-order valence-corrected chi connectivity index (χ4v) is 5.46. The van der Waals surface area contributed by atoms with Gasteiger partial charge in [0, 0.05) is 18.2 Å². The van der Waals surface area contributed by atoms with Crippen LogP contribution in [-0.4, -0.2) is 35.9 Å². The molecule has 5 nitrogen and oxygen atoms in total. The topological polar surface area (TPSA) is 62.2 Å². The molecule has 0 aromatic heterocycles. The molecule has 2 N–H and O–H groups in total. The molecule has 0 spiro atoms. The fraction of sp³-hybridized carbons (Fsp3) is 0.360. The van der Waals surface area contributed by atoms with Gasteiger partial charge < -0.3 is 19.7 Å². The van der Waals surface area contributed by atoms with Crippen molar-refractivity contribution in [3.63, 3.8) is 0 Å². The van der Waals surface area contributed by atoms with Crippen LogP contribution in [0, 0.1) is 0 Å². The van der Waals surface area contributed by atoms with Crippen LogP contribution in [0.15, 0.2) is 49.6 Å². The fourth-order valence-electron chi connectivity index (χ4n) is 5.46. The van der Waals surface area contributed by atoms with Gasteiger partial charge in [0.2, 0.25) is 0 Å². The van der Waals surface area contributed by atoms with Gasteiger partial charge in [-0.15, -0.1) is 13.2 Å². The van der Waals surface area contributed by atoms with Crippen LogP contribution in [0.25, 0.3) is 0 Å². The molecular weight excluding hydrogens is 378 g/mol. The third kappa shape index (κ3) is 2.88. The maximum atomic E-state index is 10.2. The molecule has 5 heteroatoms. The van der Waals surface area contributed by atoms with Gasteiger partial charge in [-0.05, 0) is 60.6 Å². The van der Waals surface area contributed by atoms with Gasteiger partial charge in [-0.2, -0.15) is 0 Å². The predicted octanol–water partition coefficient (Wildman–Crippen LogP) is 4.62. The van der Waals surface area contributed by atoms with Gasteiger partial charge in [-0.25, -0.2) is 0 Å². The SMILES string of the molecule is C=CCC1(CC=C)c2c(ccc(OC)c2OC)CC2c3cc(O)c(O)cc3CCN21. The van der Waals surface area contributed by atoms with E-state index in [0.717, 1.165) is 54.7 Å². The Morgan fingerprint density at radius 1 is 1.07 bits per heavy atom. The lowest BCUT2D eigenvalue weighted by Crippen LogP contribution is -2.54. The van der Waals surface area contributed by atoms with Crippen molar-refractivity contribution < 1.29 is 19.7 Å². The molecule has 2 heterocycles. The average molecular weight is 408 g/mol. The molecule has 2 aromatic rings. The summed E-state index contributed by atoms with van der Waals surface area (Å²) >= 11 is 0. The number of aromatic hydroxyl groups is 2. The lowest BCUT2D eigenvalue weighted by molar-refractivity contribution is 0.0174. The van der Waals surface area contributed by atoms with Crippen LogP contribution >= 0.6 is 0 Å². The Bertz CT molecular complexity index is 987. The smallest absolute Gasteiger partial charge is 0.166 e. The molecular formula is C25H29NO4. The van der Waals surface area contributed by atoms with Gasteiger partial charge in [-0.1, -0.05) is 18.2 Å². The largest absolute Gasteiger partial charge is 0.504 e. The molecule has 158 valence electrons. The van der Waals surface area contributed by atoms with E-state index in [0.29, 0.717) is 5.75 Å². The standard InChI is InChI=1S/C25H29NO4/c1-5-10-25(11-6-2)23-17(7-8-22(29-3)24(23)30-4)13-19-18-15-21(28)20(27)14-16(18)9-12-26(19)25/h5-8,14-15,19,27-28H,1-2,9-13H2,3-4H3. The highest BCUT2D eigenvalue weighted by Gasteiger charge is 2.49. The number of rotatable bonds is 6. The van der Waals surface area contributed by atoms with Crippen LogP contribution in [0.4, 0.5) is 0 Å². The van der Waals surface area contributed by atoms with Crippen molar-refractivity contribution in [1.29, 1.82) is 0 Å². The lowest BCUT2D eigenvalue weighted by Gasteiger charge is -2.54. The van der Waals surface area contributed by atoms with E-state index in [1.54, 1.807) is 26.4 Å². The summed E-state index contributed by atoms with van der Waals surface area (Å²) in [6.07, 6.45) is 6.94. The summed E-state index contributed by atoms with van der Waals surface area (Å²) in [5.74, 6) is 1.34. The van der Waals surface area contributed by atoms with E-state index in [-0.39, 0.29) is 23.1 Å². The second kappa shape index (κ2) is 7.73. The van der Waals surface area contributed by atoms with Gasteiger partial charge in [0.1, 0.15) is 0 Å². The molecule has 30 heavy (non-hydrogen) atoms. The molecule has 0 aliphatic carbocycles. The summed E-state index contributed by atoms with van der Waals surface area (Å²) in [7, 11) is 3.34. The second-order valence-electron chi connectivity index (χ2n) is 8.06. The van der Waals surface area contributed by atoms with Gasteiger partial charge in [0.25, 0.3) is 0 Å². The van der Waals surface area contributed by atoms with Crippen molar-refractivity contribution in [2.45, 2.75) is 37.3 Å². The number of fused-ring (bicyclic) bond motifs is 4. The van der Waals surface area contributed by atoms with Gasteiger partial charge in [-0.3, -0.25) is 4.90 Å². The second-order valence-corrected chi connectivity index (χ2v) is 8.06. The summed E-state index contributed by atoms with van der Waals surface area (Å²) in [5.41, 5.74) is 4.09. The molecule has 1 unspecified atom stereocenters. The Kier molecular flexibility index (Phi) is 5.24. The van der Waals surface area contributed by atoms with Crippen molar-refractivity contribution in [2.24, 2.45) is 0 Å². The molecule has 0 bridgehead atoms. The number of hydrogen-bond donors (Lipinski definition) is 2.